The molecule has 2 rings (SSSR count). The third-order valence-electron chi connectivity index (χ3n) is 2.22. The Balaban J connectivity index is 2.08. The van der Waals surface area contributed by atoms with Crippen molar-refractivity contribution in [2.45, 2.75) is 6.42 Å². The van der Waals surface area contributed by atoms with Crippen LogP contribution in [0.3, 0.4) is 0 Å². The van der Waals surface area contributed by atoms with Gasteiger partial charge in [0.25, 0.3) is 0 Å². The Bertz CT molecular complexity index is 522. The molecule has 0 atom stereocenters. The van der Waals surface area contributed by atoms with Gasteiger partial charge in [-0.25, -0.2) is 0 Å². The summed E-state index contributed by atoms with van der Waals surface area (Å²) in [7, 11) is 1.59. The van der Waals surface area contributed by atoms with Crippen LogP contribution in [0.25, 0.3) is 0 Å². The lowest BCUT2D eigenvalue weighted by Crippen LogP contribution is -2.02. The number of ketones is 1. The fourth-order valence-electron chi connectivity index (χ4n) is 1.33. The normalized spacial score (nSPS) is 10.2. The molecule has 0 saturated carbocycles. The maximum atomic E-state index is 11.9. The highest BCUT2D eigenvalue weighted by atomic mass is 79.9. The molecule has 0 saturated heterocycles. The largest absolute Gasteiger partial charge is 0.496 e. The lowest BCUT2D eigenvalue weighted by atomic mass is 10.2. The van der Waals surface area contributed by atoms with Crippen molar-refractivity contribution >= 4 is 33.0 Å². The number of pyridine rings is 1. The van der Waals surface area contributed by atoms with Gasteiger partial charge in [-0.2, -0.15) is 0 Å². The molecule has 2 heterocycles. The number of rotatable bonds is 4. The summed E-state index contributed by atoms with van der Waals surface area (Å²) in [6.07, 6.45) is 2.01. The third kappa shape index (κ3) is 3.14. The summed E-state index contributed by atoms with van der Waals surface area (Å²) in [4.78, 5) is 16.8. The first-order chi connectivity index (χ1) is 8.19. The Morgan fingerprint density at radius 1 is 1.53 bits per heavy atom. The molecule has 2 aromatic heterocycles. The minimum absolute atomic E-state index is 0.0631. The lowest BCUT2D eigenvalue weighted by Gasteiger charge is -1.98. The second-order valence-electron chi connectivity index (χ2n) is 3.42. The molecule has 2 aromatic rings. The molecule has 0 fully saturated rings. The molecule has 0 aliphatic carbocycles. The first-order valence-electron chi connectivity index (χ1n) is 4.95. The topological polar surface area (TPSA) is 39.2 Å². The number of carbonyl (C=O) groups excluding carboxylic acids is 1. The molecule has 0 amide bonds. The van der Waals surface area contributed by atoms with Crippen molar-refractivity contribution in [2.75, 3.05) is 7.11 Å². The van der Waals surface area contributed by atoms with E-state index < -0.39 is 0 Å². The third-order valence-corrected chi connectivity index (χ3v) is 3.63. The van der Waals surface area contributed by atoms with Crippen molar-refractivity contribution < 1.29 is 9.53 Å². The van der Waals surface area contributed by atoms with Gasteiger partial charge < -0.3 is 4.74 Å². The number of methoxy groups -OCH3 is 1. The molecule has 0 N–H and O–H groups in total. The van der Waals surface area contributed by atoms with Crippen molar-refractivity contribution in [1.29, 1.82) is 0 Å². The maximum absolute atomic E-state index is 11.9. The number of hydrogen-bond donors (Lipinski definition) is 0. The predicted molar refractivity (Wildman–Crippen MR) is 70.8 cm³/mol. The van der Waals surface area contributed by atoms with Gasteiger partial charge in [-0.1, -0.05) is 0 Å². The standard InChI is InChI=1S/C12H10BrNO2S/c1-16-10-5-12(17-7-10)11(15)4-9-3-2-8(13)6-14-9/h2-3,5-7H,4H2,1H3. The number of halogens is 1. The van der Waals surface area contributed by atoms with Crippen LogP contribution in [0.4, 0.5) is 0 Å². The van der Waals surface area contributed by atoms with Gasteiger partial charge in [-0.3, -0.25) is 9.78 Å². The summed E-state index contributed by atoms with van der Waals surface area (Å²) in [5.41, 5.74) is 0.769. The second kappa shape index (κ2) is 5.42. The number of thiophene rings is 1. The predicted octanol–water partition coefficient (Wildman–Crippen LogP) is 3.34. The molecule has 0 unspecified atom stereocenters. The van der Waals surface area contributed by atoms with Crippen LogP contribution in [-0.4, -0.2) is 17.9 Å². The van der Waals surface area contributed by atoms with E-state index in [0.29, 0.717) is 11.3 Å². The first kappa shape index (κ1) is 12.3. The molecule has 0 aliphatic rings. The average molecular weight is 312 g/mol. The van der Waals surface area contributed by atoms with E-state index in [1.54, 1.807) is 19.4 Å². The van der Waals surface area contributed by atoms with Crippen molar-refractivity contribution in [3.8, 4) is 5.75 Å². The SMILES string of the molecule is COc1csc(C(=O)Cc2ccc(Br)cn2)c1. The average Bonchev–Trinajstić information content (AvgIpc) is 2.81. The molecule has 88 valence electrons. The van der Waals surface area contributed by atoms with Crippen LogP contribution in [0.1, 0.15) is 15.4 Å². The van der Waals surface area contributed by atoms with E-state index >= 15 is 0 Å². The zero-order valence-electron chi connectivity index (χ0n) is 9.14. The Morgan fingerprint density at radius 2 is 2.35 bits per heavy atom. The highest BCUT2D eigenvalue weighted by Gasteiger charge is 2.11. The van der Waals surface area contributed by atoms with E-state index in [0.717, 1.165) is 15.9 Å². The zero-order chi connectivity index (χ0) is 12.3. The highest BCUT2D eigenvalue weighted by Crippen LogP contribution is 2.22. The first-order valence-corrected chi connectivity index (χ1v) is 6.62. The van der Waals surface area contributed by atoms with E-state index in [-0.39, 0.29) is 5.78 Å². The molecule has 5 heteroatoms. The van der Waals surface area contributed by atoms with Crippen molar-refractivity contribution in [2.24, 2.45) is 0 Å². The van der Waals surface area contributed by atoms with Crippen LogP contribution in [0.2, 0.25) is 0 Å². The molecule has 0 aliphatic heterocycles. The second-order valence-corrected chi connectivity index (χ2v) is 5.25. The quantitative estimate of drug-likeness (QED) is 0.813. The fourth-order valence-corrected chi connectivity index (χ4v) is 2.36. The van der Waals surface area contributed by atoms with Gasteiger partial charge in [0.05, 0.1) is 18.4 Å². The molecule has 3 nitrogen and oxygen atoms in total. The van der Waals surface area contributed by atoms with Crippen LogP contribution >= 0.6 is 27.3 Å². The van der Waals surface area contributed by atoms with Gasteiger partial charge in [0.2, 0.25) is 0 Å². The minimum Gasteiger partial charge on any atom is -0.496 e. The molecular weight excluding hydrogens is 302 g/mol. The monoisotopic (exact) mass is 311 g/mol. The van der Waals surface area contributed by atoms with Gasteiger partial charge in [0.15, 0.2) is 5.78 Å². The highest BCUT2D eigenvalue weighted by molar-refractivity contribution is 9.10. The van der Waals surface area contributed by atoms with E-state index in [2.05, 4.69) is 20.9 Å². The number of Topliss-reactive ketones (excluding diaryl/α,β-unsaturated/α-hetero) is 1. The number of ether oxygens (including phenoxy) is 1. The van der Waals surface area contributed by atoms with E-state index in [1.165, 1.54) is 11.3 Å². The molecule has 0 radical (unpaired) electrons. The number of hydrogen-bond acceptors (Lipinski definition) is 4. The smallest absolute Gasteiger partial charge is 0.178 e. The van der Waals surface area contributed by atoms with Gasteiger partial charge in [0.1, 0.15) is 5.75 Å². The van der Waals surface area contributed by atoms with Gasteiger partial charge in [-0.15, -0.1) is 11.3 Å². The van der Waals surface area contributed by atoms with Crippen molar-refractivity contribution in [3.05, 3.63) is 44.8 Å². The van der Waals surface area contributed by atoms with E-state index in [9.17, 15) is 4.79 Å². The summed E-state index contributed by atoms with van der Waals surface area (Å²) < 4.78 is 5.96. The molecular formula is C12H10BrNO2S. The Kier molecular flexibility index (Phi) is 3.91. The van der Waals surface area contributed by atoms with Crippen LogP contribution in [-0.2, 0) is 6.42 Å². The summed E-state index contributed by atoms with van der Waals surface area (Å²) in [6.45, 7) is 0. The van der Waals surface area contributed by atoms with Crippen LogP contribution in [0.15, 0.2) is 34.2 Å². The Labute approximate surface area is 112 Å². The molecule has 0 aromatic carbocycles. The van der Waals surface area contributed by atoms with Crippen LogP contribution in [0, 0.1) is 0 Å². The summed E-state index contributed by atoms with van der Waals surface area (Å²) >= 11 is 4.70. The summed E-state index contributed by atoms with van der Waals surface area (Å²) in [5.74, 6) is 0.787. The van der Waals surface area contributed by atoms with E-state index in [1.807, 2.05) is 17.5 Å². The number of aromatic nitrogens is 1. The molecule has 0 spiro atoms. The molecule has 0 bridgehead atoms. The van der Waals surface area contributed by atoms with Crippen molar-refractivity contribution in [3.63, 3.8) is 0 Å². The van der Waals surface area contributed by atoms with E-state index in [4.69, 9.17) is 4.74 Å². The molecule has 17 heavy (non-hydrogen) atoms. The van der Waals surface area contributed by atoms with Gasteiger partial charge in [-0.05, 0) is 28.1 Å². The van der Waals surface area contributed by atoms with Gasteiger partial charge in [0, 0.05) is 27.8 Å². The summed E-state index contributed by atoms with van der Waals surface area (Å²) in [6, 6.07) is 5.48. The maximum Gasteiger partial charge on any atom is 0.178 e. The van der Waals surface area contributed by atoms with Crippen LogP contribution in [0.5, 0.6) is 5.75 Å². The minimum atomic E-state index is 0.0631. The van der Waals surface area contributed by atoms with Crippen molar-refractivity contribution in [1.82, 2.24) is 4.98 Å². The van der Waals surface area contributed by atoms with Gasteiger partial charge >= 0.3 is 0 Å². The Hall–Kier alpha value is -1.20. The Morgan fingerprint density at radius 3 is 2.94 bits per heavy atom. The zero-order valence-corrected chi connectivity index (χ0v) is 11.5. The number of nitrogens with zero attached hydrogens (tertiary/aromatic N) is 1. The fraction of sp³-hybridized carbons (Fsp3) is 0.167. The lowest BCUT2D eigenvalue weighted by molar-refractivity contribution is 0.0995. The summed E-state index contributed by atoms with van der Waals surface area (Å²) in [5, 5.41) is 1.82. The number of carbonyl (C=O) groups is 1. The van der Waals surface area contributed by atoms with Crippen LogP contribution < -0.4 is 4.74 Å².